The van der Waals surface area contributed by atoms with Crippen LogP contribution in [0, 0.1) is 5.92 Å². The van der Waals surface area contributed by atoms with Crippen LogP contribution < -0.4 is 0 Å². The van der Waals surface area contributed by atoms with Crippen LogP contribution >= 0.6 is 11.6 Å². The van der Waals surface area contributed by atoms with Gasteiger partial charge in [0, 0.05) is 30.6 Å². The number of carboxylic acid groups (broad SMARTS) is 2. The number of hydrogen-bond acceptors (Lipinski definition) is 5. The van der Waals surface area contributed by atoms with E-state index >= 15 is 0 Å². The number of ether oxygens (including phenoxy) is 1. The summed E-state index contributed by atoms with van der Waals surface area (Å²) < 4.78 is 5.32. The number of likely N-dealkylation sites (tertiary alicyclic amines) is 1. The molecule has 2 N–H and O–H groups in total. The predicted molar refractivity (Wildman–Crippen MR) is 102 cm³/mol. The van der Waals surface area contributed by atoms with Crippen molar-refractivity contribution >= 4 is 29.4 Å². The largest absolute Gasteiger partial charge is 0.473 e. The number of morpholine rings is 1. The minimum Gasteiger partial charge on any atom is -0.473 e. The first-order valence-electron chi connectivity index (χ1n) is 9.17. The fraction of sp³-hybridized carbons (Fsp3) is 0.526. The average molecular weight is 413 g/mol. The Hall–Kier alpha value is -2.16. The van der Waals surface area contributed by atoms with Crippen LogP contribution in [0.2, 0.25) is 5.02 Å². The van der Waals surface area contributed by atoms with E-state index in [0.29, 0.717) is 19.1 Å². The first kappa shape index (κ1) is 22.1. The number of nitrogens with zero attached hydrogens (tertiary/aromatic N) is 2. The van der Waals surface area contributed by atoms with E-state index in [1.807, 2.05) is 23.1 Å². The maximum atomic E-state index is 12.5. The molecule has 2 saturated heterocycles. The molecular weight excluding hydrogens is 388 g/mol. The van der Waals surface area contributed by atoms with Crippen molar-refractivity contribution in [2.45, 2.75) is 19.4 Å². The summed E-state index contributed by atoms with van der Waals surface area (Å²) in [4.78, 5) is 35.1. The number of carbonyl (C=O) groups is 3. The molecule has 1 aromatic rings. The summed E-state index contributed by atoms with van der Waals surface area (Å²) in [5.41, 5.74) is 1.17. The normalized spacial score (nSPS) is 18.1. The molecule has 2 fully saturated rings. The van der Waals surface area contributed by atoms with Crippen molar-refractivity contribution in [1.82, 2.24) is 9.80 Å². The van der Waals surface area contributed by atoms with Crippen molar-refractivity contribution < 1.29 is 29.3 Å². The van der Waals surface area contributed by atoms with Gasteiger partial charge in [-0.05, 0) is 37.6 Å². The van der Waals surface area contributed by atoms with Gasteiger partial charge in [0.15, 0.2) is 0 Å². The van der Waals surface area contributed by atoms with Gasteiger partial charge >= 0.3 is 11.9 Å². The van der Waals surface area contributed by atoms with Crippen LogP contribution in [0.4, 0.5) is 0 Å². The molecule has 2 heterocycles. The van der Waals surface area contributed by atoms with Gasteiger partial charge in [0.05, 0.1) is 13.2 Å². The molecule has 0 spiro atoms. The standard InChI is InChI=1S/C17H23ClN2O2.C2H2O4/c18-16-4-2-1-3-15(16)13-19-7-5-14(6-8-19)17(21)20-9-11-22-12-10-20;3-1(4)2(5)6/h1-4,14H,5-13H2;(H,3,4)(H,5,6). The van der Waals surface area contributed by atoms with Crippen molar-refractivity contribution in [2.75, 3.05) is 39.4 Å². The molecule has 2 aliphatic rings. The van der Waals surface area contributed by atoms with Crippen LogP contribution in [-0.2, 0) is 25.7 Å². The van der Waals surface area contributed by atoms with E-state index in [1.54, 1.807) is 0 Å². The topological polar surface area (TPSA) is 107 Å². The summed E-state index contributed by atoms with van der Waals surface area (Å²) in [6.07, 6.45) is 1.89. The number of carboxylic acids is 2. The number of rotatable bonds is 3. The Kier molecular flexibility index (Phi) is 8.69. The Balaban J connectivity index is 0.000000409. The lowest BCUT2D eigenvalue weighted by Crippen LogP contribution is -2.46. The Morgan fingerprint density at radius 2 is 1.57 bits per heavy atom. The maximum Gasteiger partial charge on any atom is 0.414 e. The Morgan fingerprint density at radius 1 is 1.00 bits per heavy atom. The lowest BCUT2D eigenvalue weighted by Gasteiger charge is -2.35. The number of benzene rings is 1. The van der Waals surface area contributed by atoms with Gasteiger partial charge in [-0.25, -0.2) is 9.59 Å². The zero-order valence-corrected chi connectivity index (χ0v) is 16.3. The third-order valence-electron chi connectivity index (χ3n) is 4.79. The number of halogens is 1. The summed E-state index contributed by atoms with van der Waals surface area (Å²) in [7, 11) is 0. The first-order valence-corrected chi connectivity index (χ1v) is 9.54. The van der Waals surface area contributed by atoms with Gasteiger partial charge in [-0.15, -0.1) is 0 Å². The maximum absolute atomic E-state index is 12.5. The van der Waals surface area contributed by atoms with Crippen LogP contribution in [0.15, 0.2) is 24.3 Å². The second-order valence-corrected chi connectivity index (χ2v) is 7.10. The van der Waals surface area contributed by atoms with Crippen molar-refractivity contribution in [3.63, 3.8) is 0 Å². The molecule has 0 aromatic heterocycles. The molecule has 1 aromatic carbocycles. The van der Waals surface area contributed by atoms with Crippen molar-refractivity contribution in [3.8, 4) is 0 Å². The molecular formula is C19H25ClN2O6. The summed E-state index contributed by atoms with van der Waals surface area (Å²) >= 11 is 6.22. The van der Waals surface area contributed by atoms with Crippen LogP contribution in [0.3, 0.4) is 0 Å². The molecule has 8 nitrogen and oxygen atoms in total. The van der Waals surface area contributed by atoms with Crippen molar-refractivity contribution in [2.24, 2.45) is 5.92 Å². The molecule has 154 valence electrons. The smallest absolute Gasteiger partial charge is 0.414 e. The zero-order chi connectivity index (χ0) is 20.5. The van der Waals surface area contributed by atoms with E-state index in [0.717, 1.165) is 50.6 Å². The molecule has 0 unspecified atom stereocenters. The third kappa shape index (κ3) is 6.78. The second kappa shape index (κ2) is 11.0. The van der Waals surface area contributed by atoms with Gasteiger partial charge in [0.2, 0.25) is 5.91 Å². The Morgan fingerprint density at radius 3 is 2.11 bits per heavy atom. The first-order chi connectivity index (χ1) is 13.4. The highest BCUT2D eigenvalue weighted by Gasteiger charge is 2.29. The van der Waals surface area contributed by atoms with Crippen molar-refractivity contribution in [3.05, 3.63) is 34.9 Å². The van der Waals surface area contributed by atoms with Gasteiger partial charge in [-0.3, -0.25) is 9.69 Å². The lowest BCUT2D eigenvalue weighted by atomic mass is 9.94. The van der Waals surface area contributed by atoms with Crippen LogP contribution in [0.5, 0.6) is 0 Å². The molecule has 0 bridgehead atoms. The average Bonchev–Trinajstić information content (AvgIpc) is 2.71. The van der Waals surface area contributed by atoms with Crippen molar-refractivity contribution in [1.29, 1.82) is 0 Å². The van der Waals surface area contributed by atoms with E-state index in [9.17, 15) is 4.79 Å². The molecule has 1 amide bonds. The van der Waals surface area contributed by atoms with E-state index in [2.05, 4.69) is 11.0 Å². The van der Waals surface area contributed by atoms with Gasteiger partial charge < -0.3 is 19.8 Å². The molecule has 3 rings (SSSR count). The predicted octanol–water partition coefficient (Wildman–Crippen LogP) is 1.57. The molecule has 9 heteroatoms. The van der Waals surface area contributed by atoms with Gasteiger partial charge in [-0.2, -0.15) is 0 Å². The van der Waals surface area contributed by atoms with Gasteiger partial charge in [0.25, 0.3) is 0 Å². The number of aliphatic carboxylic acids is 2. The van der Waals surface area contributed by atoms with E-state index < -0.39 is 11.9 Å². The SMILES string of the molecule is O=C(C1CCN(Cc2ccccc2Cl)CC1)N1CCOCC1.O=C(O)C(=O)O. The monoisotopic (exact) mass is 412 g/mol. The molecule has 2 aliphatic heterocycles. The fourth-order valence-electron chi connectivity index (χ4n) is 3.25. The van der Waals surface area contributed by atoms with Crippen LogP contribution in [-0.4, -0.2) is 77.3 Å². The molecule has 0 radical (unpaired) electrons. The highest BCUT2D eigenvalue weighted by molar-refractivity contribution is 6.31. The van der Waals surface area contributed by atoms with Crippen LogP contribution in [0.1, 0.15) is 18.4 Å². The van der Waals surface area contributed by atoms with E-state index in [4.69, 9.17) is 36.1 Å². The molecule has 0 atom stereocenters. The summed E-state index contributed by atoms with van der Waals surface area (Å²) in [5.74, 6) is -3.15. The number of amides is 1. The number of piperidine rings is 1. The van der Waals surface area contributed by atoms with Gasteiger partial charge in [0.1, 0.15) is 0 Å². The summed E-state index contributed by atoms with van der Waals surface area (Å²) in [6.45, 7) is 5.65. The minimum absolute atomic E-state index is 0.181. The highest BCUT2D eigenvalue weighted by atomic mass is 35.5. The second-order valence-electron chi connectivity index (χ2n) is 6.69. The van der Waals surface area contributed by atoms with Gasteiger partial charge in [-0.1, -0.05) is 29.8 Å². The number of hydrogen-bond donors (Lipinski definition) is 2. The quantitative estimate of drug-likeness (QED) is 0.725. The minimum atomic E-state index is -1.82. The van der Waals surface area contributed by atoms with E-state index in [-0.39, 0.29) is 5.92 Å². The zero-order valence-electron chi connectivity index (χ0n) is 15.6. The lowest BCUT2D eigenvalue weighted by molar-refractivity contribution is -0.159. The number of carbonyl (C=O) groups excluding carboxylic acids is 1. The molecule has 0 aliphatic carbocycles. The third-order valence-corrected chi connectivity index (χ3v) is 5.16. The fourth-order valence-corrected chi connectivity index (χ4v) is 3.44. The summed E-state index contributed by atoms with van der Waals surface area (Å²) in [6, 6.07) is 7.99. The molecule has 0 saturated carbocycles. The molecule has 28 heavy (non-hydrogen) atoms. The van der Waals surface area contributed by atoms with Crippen LogP contribution in [0.25, 0.3) is 0 Å². The Labute approximate surface area is 168 Å². The highest BCUT2D eigenvalue weighted by Crippen LogP contribution is 2.23. The van der Waals surface area contributed by atoms with E-state index in [1.165, 1.54) is 5.56 Å². The Bertz CT molecular complexity index is 673. The summed E-state index contributed by atoms with van der Waals surface area (Å²) in [5, 5.41) is 15.6.